The van der Waals surface area contributed by atoms with Crippen LogP contribution in [0, 0.1) is 17.8 Å². The highest BCUT2D eigenvalue weighted by molar-refractivity contribution is 5.28. The van der Waals surface area contributed by atoms with Gasteiger partial charge >= 0.3 is 0 Å². The van der Waals surface area contributed by atoms with Crippen LogP contribution in [-0.4, -0.2) is 6.54 Å². The molecule has 3 atom stereocenters. The second kappa shape index (κ2) is 6.96. The summed E-state index contributed by atoms with van der Waals surface area (Å²) in [6, 6.07) is 10.1. The van der Waals surface area contributed by atoms with Crippen molar-refractivity contribution in [2.45, 2.75) is 64.8 Å². The van der Waals surface area contributed by atoms with Crippen LogP contribution in [-0.2, 0) is 6.42 Å². The molecule has 1 aromatic rings. The zero-order valence-corrected chi connectivity index (χ0v) is 13.8. The Kier molecular flexibility index (Phi) is 5.00. The van der Waals surface area contributed by atoms with E-state index in [1.165, 1.54) is 56.1 Å². The highest BCUT2D eigenvalue weighted by Crippen LogP contribution is 2.62. The summed E-state index contributed by atoms with van der Waals surface area (Å²) in [6.45, 7) is 5.69. The van der Waals surface area contributed by atoms with E-state index in [-0.39, 0.29) is 0 Å². The zero-order chi connectivity index (χ0) is 14.7. The van der Waals surface area contributed by atoms with Crippen LogP contribution in [0.5, 0.6) is 0 Å². The van der Waals surface area contributed by atoms with Gasteiger partial charge in [0.1, 0.15) is 0 Å². The van der Waals surface area contributed by atoms with Gasteiger partial charge in [-0.3, -0.25) is 0 Å². The molecule has 0 radical (unpaired) electrons. The van der Waals surface area contributed by atoms with Crippen molar-refractivity contribution < 1.29 is 0 Å². The lowest BCUT2D eigenvalue weighted by atomic mass is 9.95. The highest BCUT2D eigenvalue weighted by atomic mass is 14.9. The van der Waals surface area contributed by atoms with Crippen LogP contribution in [0.2, 0.25) is 0 Å². The lowest BCUT2D eigenvalue weighted by Crippen LogP contribution is -2.25. The van der Waals surface area contributed by atoms with Gasteiger partial charge in [-0.25, -0.2) is 0 Å². The van der Waals surface area contributed by atoms with Gasteiger partial charge in [0.25, 0.3) is 0 Å². The van der Waals surface area contributed by atoms with Gasteiger partial charge in [-0.05, 0) is 67.5 Å². The molecule has 1 heteroatoms. The highest BCUT2D eigenvalue weighted by Gasteiger charge is 2.55. The Bertz CT molecular complexity index is 426. The van der Waals surface area contributed by atoms with Crippen molar-refractivity contribution in [1.29, 1.82) is 0 Å². The number of nitrogens with one attached hydrogen (secondary N) is 1. The van der Waals surface area contributed by atoms with Gasteiger partial charge in [0, 0.05) is 6.04 Å². The molecule has 0 aromatic heterocycles. The molecule has 3 unspecified atom stereocenters. The molecule has 2 aliphatic rings. The summed E-state index contributed by atoms with van der Waals surface area (Å²) in [5, 5.41) is 3.84. The van der Waals surface area contributed by atoms with E-state index in [9.17, 15) is 0 Å². The summed E-state index contributed by atoms with van der Waals surface area (Å²) in [6.07, 6.45) is 9.49. The molecule has 1 aromatic carbocycles. The van der Waals surface area contributed by atoms with E-state index in [1.807, 2.05) is 0 Å². The van der Waals surface area contributed by atoms with E-state index in [4.69, 9.17) is 0 Å². The minimum Gasteiger partial charge on any atom is -0.310 e. The van der Waals surface area contributed by atoms with Gasteiger partial charge in [0.15, 0.2) is 0 Å². The van der Waals surface area contributed by atoms with Gasteiger partial charge in [-0.15, -0.1) is 0 Å². The van der Waals surface area contributed by atoms with E-state index >= 15 is 0 Å². The van der Waals surface area contributed by atoms with Crippen molar-refractivity contribution in [3.63, 3.8) is 0 Å². The molecule has 21 heavy (non-hydrogen) atoms. The molecular formula is C20H31N. The van der Waals surface area contributed by atoms with E-state index in [0.717, 1.165) is 24.3 Å². The first-order valence-electron chi connectivity index (χ1n) is 9.17. The van der Waals surface area contributed by atoms with Gasteiger partial charge < -0.3 is 5.32 Å². The van der Waals surface area contributed by atoms with Crippen LogP contribution in [0.3, 0.4) is 0 Å². The monoisotopic (exact) mass is 285 g/mol. The Morgan fingerprint density at radius 3 is 2.38 bits per heavy atom. The van der Waals surface area contributed by atoms with Crippen molar-refractivity contribution in [2.75, 3.05) is 6.54 Å². The normalized spacial score (nSPS) is 28.4. The van der Waals surface area contributed by atoms with E-state index in [1.54, 1.807) is 0 Å². The van der Waals surface area contributed by atoms with Crippen molar-refractivity contribution in [1.82, 2.24) is 5.32 Å². The SMILES string of the molecule is CCCCc1ccc(C(NCCC)C2C3CCCC32)cc1. The fourth-order valence-electron chi connectivity index (χ4n) is 4.42. The molecule has 3 rings (SSSR count). The smallest absolute Gasteiger partial charge is 0.0354 e. The van der Waals surface area contributed by atoms with Gasteiger partial charge in [0.2, 0.25) is 0 Å². The first-order chi connectivity index (χ1) is 10.3. The van der Waals surface area contributed by atoms with E-state index in [0.29, 0.717) is 6.04 Å². The largest absolute Gasteiger partial charge is 0.310 e. The van der Waals surface area contributed by atoms with Crippen LogP contribution >= 0.6 is 0 Å². The molecule has 1 nitrogen and oxygen atoms in total. The predicted molar refractivity (Wildman–Crippen MR) is 90.4 cm³/mol. The Morgan fingerprint density at radius 2 is 1.76 bits per heavy atom. The number of hydrogen-bond donors (Lipinski definition) is 1. The molecule has 2 saturated carbocycles. The fourth-order valence-corrected chi connectivity index (χ4v) is 4.42. The maximum absolute atomic E-state index is 3.84. The maximum Gasteiger partial charge on any atom is 0.0354 e. The molecule has 0 aliphatic heterocycles. The number of rotatable bonds is 8. The van der Waals surface area contributed by atoms with Gasteiger partial charge in [-0.1, -0.05) is 51.0 Å². The third kappa shape index (κ3) is 3.34. The minimum absolute atomic E-state index is 0.612. The van der Waals surface area contributed by atoms with Crippen LogP contribution in [0.1, 0.15) is 69.5 Å². The fraction of sp³-hybridized carbons (Fsp3) is 0.700. The van der Waals surface area contributed by atoms with Crippen LogP contribution in [0.4, 0.5) is 0 Å². The third-order valence-corrected chi connectivity index (χ3v) is 5.63. The molecule has 0 saturated heterocycles. The quantitative estimate of drug-likeness (QED) is 0.699. The number of benzene rings is 1. The molecular weight excluding hydrogens is 254 g/mol. The summed E-state index contributed by atoms with van der Waals surface area (Å²) in [7, 11) is 0. The summed E-state index contributed by atoms with van der Waals surface area (Å²) < 4.78 is 0. The average Bonchev–Trinajstić information content (AvgIpc) is 2.98. The molecule has 0 amide bonds. The lowest BCUT2D eigenvalue weighted by molar-refractivity contribution is 0.417. The molecule has 0 spiro atoms. The zero-order valence-electron chi connectivity index (χ0n) is 13.8. The number of fused-ring (bicyclic) bond motifs is 1. The summed E-state index contributed by atoms with van der Waals surface area (Å²) in [4.78, 5) is 0. The summed E-state index contributed by atoms with van der Waals surface area (Å²) in [5.74, 6) is 2.98. The Morgan fingerprint density at radius 1 is 1.05 bits per heavy atom. The standard InChI is InChI=1S/C20H31N/c1-3-5-7-15-10-12-16(13-11-15)20(21-14-4-2)19-17-8-6-9-18(17)19/h10-13,17-21H,3-9,14H2,1-2H3. The number of unbranched alkanes of at least 4 members (excludes halogenated alkanes) is 1. The Labute approximate surface area is 130 Å². The van der Waals surface area contributed by atoms with Crippen LogP contribution in [0.15, 0.2) is 24.3 Å². The molecule has 2 aliphatic carbocycles. The van der Waals surface area contributed by atoms with Crippen molar-refractivity contribution in [3.05, 3.63) is 35.4 Å². The second-order valence-corrected chi connectivity index (χ2v) is 7.11. The third-order valence-electron chi connectivity index (χ3n) is 5.63. The number of aryl methyl sites for hydroxylation is 1. The van der Waals surface area contributed by atoms with Crippen LogP contribution < -0.4 is 5.32 Å². The molecule has 0 heterocycles. The topological polar surface area (TPSA) is 12.0 Å². The van der Waals surface area contributed by atoms with Gasteiger partial charge in [0.05, 0.1) is 0 Å². The van der Waals surface area contributed by atoms with Gasteiger partial charge in [-0.2, -0.15) is 0 Å². The molecule has 1 N–H and O–H groups in total. The molecule has 2 fully saturated rings. The van der Waals surface area contributed by atoms with E-state index < -0.39 is 0 Å². The van der Waals surface area contributed by atoms with Crippen LogP contribution in [0.25, 0.3) is 0 Å². The second-order valence-electron chi connectivity index (χ2n) is 7.11. The Balaban J connectivity index is 1.67. The predicted octanol–water partition coefficient (Wildman–Crippen LogP) is 5.12. The number of hydrogen-bond acceptors (Lipinski definition) is 1. The minimum atomic E-state index is 0.612. The maximum atomic E-state index is 3.84. The Hall–Kier alpha value is -0.820. The summed E-state index contributed by atoms with van der Waals surface area (Å²) >= 11 is 0. The molecule has 116 valence electrons. The van der Waals surface area contributed by atoms with Crippen molar-refractivity contribution >= 4 is 0 Å². The van der Waals surface area contributed by atoms with Crippen molar-refractivity contribution in [2.24, 2.45) is 17.8 Å². The van der Waals surface area contributed by atoms with Crippen molar-refractivity contribution in [3.8, 4) is 0 Å². The lowest BCUT2D eigenvalue weighted by Gasteiger charge is -2.21. The molecule has 0 bridgehead atoms. The first-order valence-corrected chi connectivity index (χ1v) is 9.17. The summed E-state index contributed by atoms with van der Waals surface area (Å²) in [5.41, 5.74) is 3.04. The van der Waals surface area contributed by atoms with E-state index in [2.05, 4.69) is 43.4 Å². The first kappa shape index (κ1) is 15.1. The average molecular weight is 285 g/mol.